The van der Waals surface area contributed by atoms with Crippen LogP contribution in [0.3, 0.4) is 0 Å². The lowest BCUT2D eigenvalue weighted by Crippen LogP contribution is -2.11. The van der Waals surface area contributed by atoms with Gasteiger partial charge in [0.15, 0.2) is 0 Å². The predicted molar refractivity (Wildman–Crippen MR) is 100 cm³/mol. The van der Waals surface area contributed by atoms with Gasteiger partial charge in [0.1, 0.15) is 11.5 Å². The van der Waals surface area contributed by atoms with Crippen LogP contribution in [-0.4, -0.2) is 31.2 Å². The van der Waals surface area contributed by atoms with Gasteiger partial charge in [-0.1, -0.05) is 12.1 Å². The lowest BCUT2D eigenvalue weighted by Gasteiger charge is -2.16. The largest absolute Gasteiger partial charge is 0.457 e. The van der Waals surface area contributed by atoms with Crippen LogP contribution >= 0.6 is 11.8 Å². The van der Waals surface area contributed by atoms with Crippen LogP contribution in [0.1, 0.15) is 11.1 Å². The number of rotatable bonds is 7. The van der Waals surface area contributed by atoms with Gasteiger partial charge >= 0.3 is 0 Å². The number of carbonyl (C=O) groups excluding carboxylic acids is 1. The van der Waals surface area contributed by atoms with Gasteiger partial charge in [0.25, 0.3) is 0 Å². The van der Waals surface area contributed by atoms with Crippen molar-refractivity contribution in [1.82, 2.24) is 4.90 Å². The molecule has 0 fully saturated rings. The number of nitrogens with zero attached hydrogens (tertiary/aromatic N) is 1. The summed E-state index contributed by atoms with van der Waals surface area (Å²) in [5.74, 6) is 1.08. The molecule has 0 heterocycles. The van der Waals surface area contributed by atoms with Crippen molar-refractivity contribution in [2.75, 3.05) is 20.4 Å². The topological polar surface area (TPSA) is 55.6 Å². The second-order valence-corrected chi connectivity index (χ2v) is 6.50. The second-order valence-electron chi connectivity index (χ2n) is 5.62. The zero-order valence-electron chi connectivity index (χ0n) is 14.2. The van der Waals surface area contributed by atoms with E-state index in [4.69, 9.17) is 10.5 Å². The number of thioether (sulfide) groups is 1. The summed E-state index contributed by atoms with van der Waals surface area (Å²) in [6.45, 7) is 0.762. The Balaban J connectivity index is 2.31. The SMILES string of the molecule is CSc1ccc(Oc2cc(/C=C/C(N)=O)ccc2CN(C)C)cc1. The van der Waals surface area contributed by atoms with Crippen LogP contribution in [-0.2, 0) is 11.3 Å². The molecule has 0 aliphatic carbocycles. The average Bonchev–Trinajstić information content (AvgIpc) is 2.55. The molecular weight excluding hydrogens is 320 g/mol. The summed E-state index contributed by atoms with van der Waals surface area (Å²) in [5.41, 5.74) is 7.10. The first-order valence-corrected chi connectivity index (χ1v) is 8.77. The molecule has 2 aromatic carbocycles. The third kappa shape index (κ3) is 5.44. The fraction of sp³-hybridized carbons (Fsp3) is 0.211. The van der Waals surface area contributed by atoms with Crippen LogP contribution in [0.25, 0.3) is 6.08 Å². The Hall–Kier alpha value is -2.24. The summed E-state index contributed by atoms with van der Waals surface area (Å²) in [4.78, 5) is 14.2. The Morgan fingerprint density at radius 3 is 2.50 bits per heavy atom. The highest BCUT2D eigenvalue weighted by Crippen LogP contribution is 2.29. The maximum Gasteiger partial charge on any atom is 0.241 e. The number of carbonyl (C=O) groups is 1. The number of ether oxygens (including phenoxy) is 1. The third-order valence-corrected chi connectivity index (χ3v) is 4.05. The van der Waals surface area contributed by atoms with Crippen molar-refractivity contribution in [3.8, 4) is 11.5 Å². The first-order valence-electron chi connectivity index (χ1n) is 7.55. The van der Waals surface area contributed by atoms with E-state index in [1.165, 1.54) is 11.0 Å². The number of nitrogens with two attached hydrogens (primary N) is 1. The third-order valence-electron chi connectivity index (χ3n) is 3.31. The second kappa shape index (κ2) is 8.57. The predicted octanol–water partition coefficient (Wildman–Crippen LogP) is 3.76. The molecule has 0 aliphatic heterocycles. The molecule has 0 atom stereocenters. The molecule has 2 rings (SSSR count). The van der Waals surface area contributed by atoms with Crippen LogP contribution in [0.5, 0.6) is 11.5 Å². The summed E-state index contributed by atoms with van der Waals surface area (Å²) >= 11 is 1.69. The fourth-order valence-electron chi connectivity index (χ4n) is 2.19. The van der Waals surface area contributed by atoms with E-state index in [0.29, 0.717) is 0 Å². The molecule has 2 N–H and O–H groups in total. The highest BCUT2D eigenvalue weighted by molar-refractivity contribution is 7.98. The van der Waals surface area contributed by atoms with Crippen LogP contribution in [0, 0.1) is 0 Å². The minimum atomic E-state index is -0.470. The lowest BCUT2D eigenvalue weighted by atomic mass is 10.1. The van der Waals surface area contributed by atoms with E-state index in [1.807, 2.05) is 62.8 Å². The monoisotopic (exact) mass is 342 g/mol. The van der Waals surface area contributed by atoms with Crippen LogP contribution in [0.2, 0.25) is 0 Å². The van der Waals surface area contributed by atoms with Gasteiger partial charge in [-0.25, -0.2) is 0 Å². The molecule has 0 unspecified atom stereocenters. The van der Waals surface area contributed by atoms with Gasteiger partial charge < -0.3 is 15.4 Å². The summed E-state index contributed by atoms with van der Waals surface area (Å²) in [6, 6.07) is 13.8. The van der Waals surface area contributed by atoms with Gasteiger partial charge in [-0.05, 0) is 62.3 Å². The van der Waals surface area contributed by atoms with E-state index in [2.05, 4.69) is 4.90 Å². The molecule has 0 radical (unpaired) electrons. The van der Waals surface area contributed by atoms with Crippen LogP contribution < -0.4 is 10.5 Å². The van der Waals surface area contributed by atoms with Crippen molar-refractivity contribution in [2.45, 2.75) is 11.4 Å². The molecule has 5 heteroatoms. The Kier molecular flexibility index (Phi) is 6.46. The minimum Gasteiger partial charge on any atom is -0.457 e. The quantitative estimate of drug-likeness (QED) is 0.615. The standard InChI is InChI=1S/C19H22N2O2S/c1-21(2)13-15-6-4-14(5-11-19(20)22)12-18(15)23-16-7-9-17(24-3)10-8-16/h4-12H,13H2,1-3H3,(H2,20,22)/b11-5+. The molecule has 24 heavy (non-hydrogen) atoms. The molecule has 0 bridgehead atoms. The van der Waals surface area contributed by atoms with E-state index in [9.17, 15) is 4.79 Å². The Morgan fingerprint density at radius 2 is 1.92 bits per heavy atom. The summed E-state index contributed by atoms with van der Waals surface area (Å²) < 4.78 is 6.07. The highest BCUT2D eigenvalue weighted by atomic mass is 32.2. The molecule has 0 aliphatic rings. The van der Waals surface area contributed by atoms with Gasteiger partial charge in [0.05, 0.1) is 0 Å². The molecule has 1 amide bonds. The first-order chi connectivity index (χ1) is 11.5. The molecule has 126 valence electrons. The van der Waals surface area contributed by atoms with E-state index in [0.717, 1.165) is 29.2 Å². The fourth-order valence-corrected chi connectivity index (χ4v) is 2.60. The molecule has 4 nitrogen and oxygen atoms in total. The number of amides is 1. The number of hydrogen-bond donors (Lipinski definition) is 1. The Labute approximate surface area is 147 Å². The molecule has 0 aromatic heterocycles. The lowest BCUT2D eigenvalue weighted by molar-refractivity contribution is -0.113. The number of benzene rings is 2. The van der Waals surface area contributed by atoms with Crippen molar-refractivity contribution in [2.24, 2.45) is 5.73 Å². The van der Waals surface area contributed by atoms with E-state index in [1.54, 1.807) is 17.8 Å². The van der Waals surface area contributed by atoms with E-state index in [-0.39, 0.29) is 0 Å². The molecule has 2 aromatic rings. The van der Waals surface area contributed by atoms with Gasteiger partial charge in [0, 0.05) is 23.1 Å². The summed E-state index contributed by atoms with van der Waals surface area (Å²) in [5, 5.41) is 0. The normalized spacial score (nSPS) is 11.2. The molecular formula is C19H22N2O2S. The maximum absolute atomic E-state index is 10.9. The maximum atomic E-state index is 10.9. The van der Waals surface area contributed by atoms with Crippen LogP contribution in [0.4, 0.5) is 0 Å². The summed E-state index contributed by atoms with van der Waals surface area (Å²) in [7, 11) is 4.02. The van der Waals surface area contributed by atoms with Crippen molar-refractivity contribution in [3.63, 3.8) is 0 Å². The average molecular weight is 342 g/mol. The van der Waals surface area contributed by atoms with E-state index >= 15 is 0 Å². The van der Waals surface area contributed by atoms with Crippen LogP contribution in [0.15, 0.2) is 53.4 Å². The van der Waals surface area contributed by atoms with Gasteiger partial charge in [-0.2, -0.15) is 0 Å². The number of primary amides is 1. The first kappa shape index (κ1) is 18.1. The smallest absolute Gasteiger partial charge is 0.241 e. The van der Waals surface area contributed by atoms with Crippen molar-refractivity contribution in [3.05, 3.63) is 59.7 Å². The van der Waals surface area contributed by atoms with E-state index < -0.39 is 5.91 Å². The zero-order valence-corrected chi connectivity index (χ0v) is 15.0. The highest BCUT2D eigenvalue weighted by Gasteiger charge is 2.08. The molecule has 0 saturated carbocycles. The van der Waals surface area contributed by atoms with Crippen molar-refractivity contribution < 1.29 is 9.53 Å². The van der Waals surface area contributed by atoms with Gasteiger partial charge in [-0.3, -0.25) is 4.79 Å². The Morgan fingerprint density at radius 1 is 1.21 bits per heavy atom. The minimum absolute atomic E-state index is 0.470. The van der Waals surface area contributed by atoms with Gasteiger partial charge in [-0.15, -0.1) is 11.8 Å². The molecule has 0 spiro atoms. The van der Waals surface area contributed by atoms with Crippen molar-refractivity contribution >= 4 is 23.7 Å². The molecule has 0 saturated heterocycles. The Bertz CT molecular complexity index is 725. The van der Waals surface area contributed by atoms with Gasteiger partial charge in [0.2, 0.25) is 5.91 Å². The summed E-state index contributed by atoms with van der Waals surface area (Å²) in [6.07, 6.45) is 5.07. The number of hydrogen-bond acceptors (Lipinski definition) is 4. The zero-order chi connectivity index (χ0) is 17.5. The van der Waals surface area contributed by atoms with Crippen molar-refractivity contribution in [1.29, 1.82) is 0 Å².